The van der Waals surface area contributed by atoms with Crippen LogP contribution in [-0.4, -0.2) is 33.9 Å². The number of aliphatic hydroxyl groups excluding tert-OH is 2. The molecule has 0 aliphatic rings. The maximum atomic E-state index is 11.1. The Balaban J connectivity index is 3.01. The topological polar surface area (TPSA) is 127 Å². The molecule has 0 aliphatic carbocycles. The minimum atomic E-state index is -1.33. The minimum Gasteiger partial charge on any atom is -0.478 e. The third kappa shape index (κ3) is 3.69. The third-order valence-corrected chi connectivity index (χ3v) is 2.80. The van der Waals surface area contributed by atoms with E-state index in [0.717, 1.165) is 0 Å². The van der Waals surface area contributed by atoms with E-state index >= 15 is 0 Å². The molecule has 0 fully saturated rings. The lowest BCUT2D eigenvalue weighted by molar-refractivity contribution is 0.0137. The smallest absolute Gasteiger partial charge is 0.336 e. The Hall–Kier alpha value is -2.08. The van der Waals surface area contributed by atoms with Crippen molar-refractivity contribution in [1.29, 1.82) is 0 Å². The highest BCUT2D eigenvalue weighted by molar-refractivity contribution is 5.90. The molecule has 1 rings (SSSR count). The number of aryl methyl sites for hydroxylation is 1. The van der Waals surface area contributed by atoms with E-state index < -0.39 is 18.2 Å². The van der Waals surface area contributed by atoms with E-state index in [1.807, 2.05) is 0 Å². The fraction of sp³-hybridized carbons (Fsp3) is 0.417. The predicted octanol–water partition coefficient (Wildman–Crippen LogP) is 1.79. The monoisotopic (exact) mass is 265 g/mol. The number of nitrogens with zero attached hydrogens (tertiary/aromatic N) is 3. The van der Waals surface area contributed by atoms with E-state index in [4.69, 9.17) is 10.6 Å². The molecule has 2 atom stereocenters. The van der Waals surface area contributed by atoms with Crippen LogP contribution in [0.1, 0.15) is 34.0 Å². The molecule has 0 radical (unpaired) electrons. The fourth-order valence-corrected chi connectivity index (χ4v) is 1.84. The zero-order valence-corrected chi connectivity index (χ0v) is 10.4. The maximum absolute atomic E-state index is 11.1. The normalized spacial score (nSPS) is 13.4. The Labute approximate surface area is 109 Å². The van der Waals surface area contributed by atoms with Gasteiger partial charge in [-0.05, 0) is 30.5 Å². The standard InChI is InChI=1S/C12H15N3O4/c1-7-3-2-4-8(12(18)19)10(7)11(17)9(16)5-6-14-15-13/h2-4,9,11,16-17H,5-6H2,1H3,(H,18,19). The molecule has 3 N–H and O–H groups in total. The van der Waals surface area contributed by atoms with Crippen LogP contribution in [-0.2, 0) is 0 Å². The molecule has 7 heteroatoms. The van der Waals surface area contributed by atoms with Crippen LogP contribution in [0.15, 0.2) is 23.3 Å². The molecular weight excluding hydrogens is 250 g/mol. The van der Waals surface area contributed by atoms with Crippen LogP contribution >= 0.6 is 0 Å². The lowest BCUT2D eigenvalue weighted by Gasteiger charge is -2.21. The van der Waals surface area contributed by atoms with Crippen LogP contribution in [0.5, 0.6) is 0 Å². The largest absolute Gasteiger partial charge is 0.478 e. The van der Waals surface area contributed by atoms with Gasteiger partial charge in [-0.25, -0.2) is 4.79 Å². The van der Waals surface area contributed by atoms with Gasteiger partial charge in [0.15, 0.2) is 0 Å². The summed E-state index contributed by atoms with van der Waals surface area (Å²) in [4.78, 5) is 13.6. The number of hydrogen-bond donors (Lipinski definition) is 3. The fourth-order valence-electron chi connectivity index (χ4n) is 1.84. The number of aliphatic hydroxyl groups is 2. The molecule has 1 aromatic carbocycles. The summed E-state index contributed by atoms with van der Waals surface area (Å²) in [6.07, 6.45) is -2.47. The van der Waals surface area contributed by atoms with E-state index in [0.29, 0.717) is 5.56 Å². The lowest BCUT2D eigenvalue weighted by atomic mass is 9.93. The average Bonchev–Trinajstić information content (AvgIpc) is 2.37. The first-order valence-corrected chi connectivity index (χ1v) is 5.68. The molecule has 0 bridgehead atoms. The maximum Gasteiger partial charge on any atom is 0.336 e. The molecule has 0 aliphatic heterocycles. The van der Waals surface area contributed by atoms with Crippen molar-refractivity contribution in [3.63, 3.8) is 0 Å². The quantitative estimate of drug-likeness (QED) is 0.411. The van der Waals surface area contributed by atoms with Crippen molar-refractivity contribution in [2.45, 2.75) is 25.6 Å². The SMILES string of the molecule is Cc1cccc(C(=O)O)c1C(O)C(O)CCN=[N+]=[N-]. The Kier molecular flexibility index (Phi) is 5.32. The van der Waals surface area contributed by atoms with Crippen molar-refractivity contribution < 1.29 is 20.1 Å². The van der Waals surface area contributed by atoms with Gasteiger partial charge in [-0.15, -0.1) is 0 Å². The van der Waals surface area contributed by atoms with Gasteiger partial charge in [0.2, 0.25) is 0 Å². The first-order valence-electron chi connectivity index (χ1n) is 5.68. The van der Waals surface area contributed by atoms with Crippen LogP contribution in [0.3, 0.4) is 0 Å². The second-order valence-electron chi connectivity index (χ2n) is 4.10. The summed E-state index contributed by atoms with van der Waals surface area (Å²) >= 11 is 0. The average molecular weight is 265 g/mol. The number of carbonyl (C=O) groups is 1. The van der Waals surface area contributed by atoms with E-state index in [9.17, 15) is 15.0 Å². The molecule has 0 saturated heterocycles. The lowest BCUT2D eigenvalue weighted by Crippen LogP contribution is -2.22. The molecule has 102 valence electrons. The summed E-state index contributed by atoms with van der Waals surface area (Å²) < 4.78 is 0. The van der Waals surface area contributed by atoms with E-state index in [1.165, 1.54) is 6.07 Å². The second kappa shape index (κ2) is 6.75. The third-order valence-electron chi connectivity index (χ3n) is 2.80. The highest BCUT2D eigenvalue weighted by Crippen LogP contribution is 2.26. The van der Waals surface area contributed by atoms with Crippen LogP contribution < -0.4 is 0 Å². The summed E-state index contributed by atoms with van der Waals surface area (Å²) in [6, 6.07) is 4.60. The Morgan fingerprint density at radius 3 is 2.74 bits per heavy atom. The van der Waals surface area contributed by atoms with Gasteiger partial charge in [-0.3, -0.25) is 0 Å². The van der Waals surface area contributed by atoms with E-state index in [1.54, 1.807) is 19.1 Å². The molecule has 2 unspecified atom stereocenters. The summed E-state index contributed by atoms with van der Waals surface area (Å²) in [5.41, 5.74) is 8.85. The number of azide groups is 1. The Morgan fingerprint density at radius 1 is 1.47 bits per heavy atom. The number of carboxylic acid groups (broad SMARTS) is 1. The van der Waals surface area contributed by atoms with Gasteiger partial charge in [-0.1, -0.05) is 17.2 Å². The summed E-state index contributed by atoms with van der Waals surface area (Å²) in [6.45, 7) is 1.69. The molecule has 7 nitrogen and oxygen atoms in total. The summed E-state index contributed by atoms with van der Waals surface area (Å²) in [5, 5.41) is 32.2. The van der Waals surface area contributed by atoms with Gasteiger partial charge in [0.05, 0.1) is 11.7 Å². The zero-order valence-electron chi connectivity index (χ0n) is 10.4. The first-order chi connectivity index (χ1) is 8.99. The van der Waals surface area contributed by atoms with Crippen LogP contribution in [0.4, 0.5) is 0 Å². The number of hydrogen-bond acceptors (Lipinski definition) is 4. The zero-order chi connectivity index (χ0) is 14.4. The highest BCUT2D eigenvalue weighted by Gasteiger charge is 2.24. The van der Waals surface area contributed by atoms with Crippen molar-refractivity contribution in [1.82, 2.24) is 0 Å². The van der Waals surface area contributed by atoms with Crippen molar-refractivity contribution in [2.24, 2.45) is 5.11 Å². The highest BCUT2D eigenvalue weighted by atomic mass is 16.4. The van der Waals surface area contributed by atoms with Crippen molar-refractivity contribution >= 4 is 5.97 Å². The molecule has 0 saturated carbocycles. The predicted molar refractivity (Wildman–Crippen MR) is 67.7 cm³/mol. The first kappa shape index (κ1) is 15.0. The molecule has 0 spiro atoms. The number of carboxylic acids is 1. The molecular formula is C12H15N3O4. The molecule has 0 heterocycles. The van der Waals surface area contributed by atoms with Gasteiger partial charge < -0.3 is 15.3 Å². The Bertz CT molecular complexity index is 512. The van der Waals surface area contributed by atoms with E-state index in [-0.39, 0.29) is 24.1 Å². The van der Waals surface area contributed by atoms with Crippen LogP contribution in [0, 0.1) is 6.92 Å². The Morgan fingerprint density at radius 2 is 2.16 bits per heavy atom. The van der Waals surface area contributed by atoms with Gasteiger partial charge in [0.1, 0.15) is 6.10 Å². The molecule has 0 amide bonds. The van der Waals surface area contributed by atoms with Gasteiger partial charge in [-0.2, -0.15) is 0 Å². The summed E-state index contributed by atoms with van der Waals surface area (Å²) in [7, 11) is 0. The van der Waals surface area contributed by atoms with Gasteiger partial charge in [0, 0.05) is 17.0 Å². The minimum absolute atomic E-state index is 0.0308. The number of rotatable bonds is 6. The molecule has 1 aromatic rings. The van der Waals surface area contributed by atoms with Crippen LogP contribution in [0.25, 0.3) is 10.4 Å². The van der Waals surface area contributed by atoms with Crippen LogP contribution in [0.2, 0.25) is 0 Å². The van der Waals surface area contributed by atoms with Crippen molar-refractivity contribution in [3.05, 3.63) is 45.3 Å². The van der Waals surface area contributed by atoms with E-state index in [2.05, 4.69) is 10.0 Å². The summed E-state index contributed by atoms with van der Waals surface area (Å²) in [5.74, 6) is -1.17. The number of benzene rings is 1. The number of aromatic carboxylic acids is 1. The molecule has 19 heavy (non-hydrogen) atoms. The van der Waals surface area contributed by atoms with Crippen molar-refractivity contribution in [3.8, 4) is 0 Å². The molecule has 0 aromatic heterocycles. The second-order valence-corrected chi connectivity index (χ2v) is 4.10. The van der Waals surface area contributed by atoms with Gasteiger partial charge in [0.25, 0.3) is 0 Å². The van der Waals surface area contributed by atoms with Gasteiger partial charge >= 0.3 is 5.97 Å². The van der Waals surface area contributed by atoms with Crippen molar-refractivity contribution in [2.75, 3.05) is 6.54 Å².